The molecule has 3 rings (SSSR count). The van der Waals surface area contributed by atoms with E-state index < -0.39 is 5.82 Å². The van der Waals surface area contributed by atoms with Crippen molar-refractivity contribution < 1.29 is 14.0 Å². The maximum atomic E-state index is 13.5. The molecule has 1 aliphatic heterocycles. The number of nitrogens with zero attached hydrogens (tertiary/aromatic N) is 1. The van der Waals surface area contributed by atoms with Crippen molar-refractivity contribution >= 4 is 17.5 Å². The molecule has 0 unspecified atom stereocenters. The van der Waals surface area contributed by atoms with E-state index in [2.05, 4.69) is 5.32 Å². The van der Waals surface area contributed by atoms with Crippen molar-refractivity contribution in [1.82, 2.24) is 4.90 Å². The van der Waals surface area contributed by atoms with Crippen LogP contribution in [-0.2, 0) is 9.59 Å². The van der Waals surface area contributed by atoms with Crippen LogP contribution in [0.4, 0.5) is 10.1 Å². The van der Waals surface area contributed by atoms with Gasteiger partial charge in [0.2, 0.25) is 11.8 Å². The van der Waals surface area contributed by atoms with Gasteiger partial charge in [-0.3, -0.25) is 9.59 Å². The van der Waals surface area contributed by atoms with Gasteiger partial charge in [0.1, 0.15) is 5.82 Å². The van der Waals surface area contributed by atoms with Gasteiger partial charge in [-0.05, 0) is 25.0 Å². The van der Waals surface area contributed by atoms with E-state index in [1.54, 1.807) is 12.1 Å². The number of nitrogens with one attached hydrogen (secondary N) is 1. The molecular weight excluding hydrogens is 271 g/mol. The Kier molecular flexibility index (Phi) is 3.90. The molecule has 0 radical (unpaired) electrons. The number of halogens is 1. The second kappa shape index (κ2) is 5.84. The fourth-order valence-electron chi connectivity index (χ4n) is 3.27. The van der Waals surface area contributed by atoms with Gasteiger partial charge in [-0.2, -0.15) is 0 Å². The SMILES string of the molecule is O=C(Nc1ccccc1F)[C@H]1CC(=O)N(C2CCCC2)C1. The van der Waals surface area contributed by atoms with Crippen LogP contribution in [0.3, 0.4) is 0 Å². The topological polar surface area (TPSA) is 49.4 Å². The summed E-state index contributed by atoms with van der Waals surface area (Å²) in [6, 6.07) is 6.37. The first kappa shape index (κ1) is 14.0. The van der Waals surface area contributed by atoms with Crippen LogP contribution in [0.1, 0.15) is 32.1 Å². The van der Waals surface area contributed by atoms with Crippen molar-refractivity contribution in [2.24, 2.45) is 5.92 Å². The monoisotopic (exact) mass is 290 g/mol. The van der Waals surface area contributed by atoms with Crippen molar-refractivity contribution in [3.63, 3.8) is 0 Å². The molecular formula is C16H19FN2O2. The summed E-state index contributed by atoms with van der Waals surface area (Å²) in [5.74, 6) is -1.05. The number of hydrogen-bond acceptors (Lipinski definition) is 2. The van der Waals surface area contributed by atoms with Crippen LogP contribution in [0.5, 0.6) is 0 Å². The number of carbonyl (C=O) groups is 2. The van der Waals surface area contributed by atoms with Crippen LogP contribution in [0.25, 0.3) is 0 Å². The van der Waals surface area contributed by atoms with E-state index in [1.165, 1.54) is 12.1 Å². The van der Waals surface area contributed by atoms with Gasteiger partial charge in [-0.15, -0.1) is 0 Å². The Morgan fingerprint density at radius 1 is 1.24 bits per heavy atom. The van der Waals surface area contributed by atoms with Gasteiger partial charge in [0.25, 0.3) is 0 Å². The highest BCUT2D eigenvalue weighted by Gasteiger charge is 2.38. The predicted octanol–water partition coefficient (Wildman–Crippen LogP) is 2.56. The number of anilines is 1. The molecule has 2 amide bonds. The van der Waals surface area contributed by atoms with Crippen molar-refractivity contribution in [2.75, 3.05) is 11.9 Å². The Balaban J connectivity index is 1.64. The smallest absolute Gasteiger partial charge is 0.229 e. The normalized spacial score (nSPS) is 22.8. The van der Waals surface area contributed by atoms with Gasteiger partial charge < -0.3 is 10.2 Å². The molecule has 1 aliphatic carbocycles. The highest BCUT2D eigenvalue weighted by atomic mass is 19.1. The average molecular weight is 290 g/mol. The summed E-state index contributed by atoms with van der Waals surface area (Å²) < 4.78 is 13.5. The fourth-order valence-corrected chi connectivity index (χ4v) is 3.27. The lowest BCUT2D eigenvalue weighted by molar-refractivity contribution is -0.129. The van der Waals surface area contributed by atoms with Crippen LogP contribution in [0.15, 0.2) is 24.3 Å². The number of rotatable bonds is 3. The Morgan fingerprint density at radius 2 is 1.95 bits per heavy atom. The first-order chi connectivity index (χ1) is 10.1. The number of benzene rings is 1. The van der Waals surface area contributed by atoms with E-state index in [0.29, 0.717) is 12.6 Å². The predicted molar refractivity (Wildman–Crippen MR) is 77.1 cm³/mol. The lowest BCUT2D eigenvalue weighted by Crippen LogP contribution is -2.35. The second-order valence-corrected chi connectivity index (χ2v) is 5.85. The Hall–Kier alpha value is -1.91. The first-order valence-electron chi connectivity index (χ1n) is 7.50. The second-order valence-electron chi connectivity index (χ2n) is 5.85. The fraction of sp³-hybridized carbons (Fsp3) is 0.500. The molecule has 5 heteroatoms. The zero-order valence-corrected chi connectivity index (χ0v) is 11.8. The summed E-state index contributed by atoms with van der Waals surface area (Å²) in [4.78, 5) is 26.1. The lowest BCUT2D eigenvalue weighted by Gasteiger charge is -2.23. The van der Waals surface area contributed by atoms with Gasteiger partial charge in [0.05, 0.1) is 11.6 Å². The summed E-state index contributed by atoms with van der Waals surface area (Å²) in [5, 5.41) is 2.59. The number of hydrogen-bond donors (Lipinski definition) is 1. The minimum Gasteiger partial charge on any atom is -0.339 e. The molecule has 1 aromatic rings. The molecule has 1 N–H and O–H groups in total. The van der Waals surface area contributed by atoms with Crippen molar-refractivity contribution in [3.05, 3.63) is 30.1 Å². The summed E-state index contributed by atoms with van der Waals surface area (Å²) in [6.07, 6.45) is 4.61. The van der Waals surface area contributed by atoms with E-state index >= 15 is 0 Å². The van der Waals surface area contributed by atoms with Crippen LogP contribution >= 0.6 is 0 Å². The summed E-state index contributed by atoms with van der Waals surface area (Å²) in [6.45, 7) is 0.462. The van der Waals surface area contributed by atoms with Gasteiger partial charge in [-0.25, -0.2) is 4.39 Å². The maximum Gasteiger partial charge on any atom is 0.229 e. The zero-order chi connectivity index (χ0) is 14.8. The minimum atomic E-state index is -0.456. The minimum absolute atomic E-state index is 0.0515. The third-order valence-corrected chi connectivity index (χ3v) is 4.43. The van der Waals surface area contributed by atoms with E-state index in [1.807, 2.05) is 4.90 Å². The molecule has 1 heterocycles. The summed E-state index contributed by atoms with van der Waals surface area (Å²) in [5.41, 5.74) is 0.175. The van der Waals surface area contributed by atoms with Crippen LogP contribution < -0.4 is 5.32 Å². The molecule has 21 heavy (non-hydrogen) atoms. The van der Waals surface area contributed by atoms with E-state index in [0.717, 1.165) is 25.7 Å². The molecule has 1 atom stereocenters. The maximum absolute atomic E-state index is 13.5. The van der Waals surface area contributed by atoms with E-state index in [4.69, 9.17) is 0 Å². The molecule has 112 valence electrons. The highest BCUT2D eigenvalue weighted by molar-refractivity contribution is 5.97. The largest absolute Gasteiger partial charge is 0.339 e. The van der Waals surface area contributed by atoms with Gasteiger partial charge >= 0.3 is 0 Å². The molecule has 4 nitrogen and oxygen atoms in total. The molecule has 1 saturated carbocycles. The van der Waals surface area contributed by atoms with E-state index in [9.17, 15) is 14.0 Å². The van der Waals surface area contributed by atoms with Gasteiger partial charge in [0, 0.05) is 19.0 Å². The lowest BCUT2D eigenvalue weighted by atomic mass is 10.1. The molecule has 2 fully saturated rings. The standard InChI is InChI=1S/C16H19FN2O2/c17-13-7-3-4-8-14(13)18-16(21)11-9-15(20)19(10-11)12-5-1-2-6-12/h3-4,7-8,11-12H,1-2,5-6,9-10H2,(H,18,21)/t11-/m0/s1. The Bertz CT molecular complexity index is 555. The van der Waals surface area contributed by atoms with Crippen molar-refractivity contribution in [1.29, 1.82) is 0 Å². The van der Waals surface area contributed by atoms with Gasteiger partial charge in [-0.1, -0.05) is 25.0 Å². The van der Waals surface area contributed by atoms with Gasteiger partial charge in [0.15, 0.2) is 0 Å². The quantitative estimate of drug-likeness (QED) is 0.930. The molecule has 0 bridgehead atoms. The molecule has 1 saturated heterocycles. The highest BCUT2D eigenvalue weighted by Crippen LogP contribution is 2.30. The molecule has 0 aromatic heterocycles. The molecule has 2 aliphatic rings. The number of amides is 2. The Morgan fingerprint density at radius 3 is 2.67 bits per heavy atom. The van der Waals surface area contributed by atoms with E-state index in [-0.39, 0.29) is 29.8 Å². The van der Waals surface area contributed by atoms with Crippen molar-refractivity contribution in [2.45, 2.75) is 38.1 Å². The average Bonchev–Trinajstić information content (AvgIpc) is 3.10. The first-order valence-corrected chi connectivity index (χ1v) is 7.50. The van der Waals surface area contributed by atoms with Crippen LogP contribution in [0.2, 0.25) is 0 Å². The summed E-state index contributed by atoms with van der Waals surface area (Å²) in [7, 11) is 0. The van der Waals surface area contributed by atoms with Crippen LogP contribution in [-0.4, -0.2) is 29.3 Å². The number of carbonyl (C=O) groups excluding carboxylic acids is 2. The number of likely N-dealkylation sites (tertiary alicyclic amines) is 1. The molecule has 1 aromatic carbocycles. The third-order valence-electron chi connectivity index (χ3n) is 4.43. The summed E-state index contributed by atoms with van der Waals surface area (Å²) >= 11 is 0. The Labute approximate surface area is 123 Å². The zero-order valence-electron chi connectivity index (χ0n) is 11.8. The molecule has 0 spiro atoms. The van der Waals surface area contributed by atoms with Crippen molar-refractivity contribution in [3.8, 4) is 0 Å². The third kappa shape index (κ3) is 2.91. The number of para-hydroxylation sites is 1. The van der Waals surface area contributed by atoms with Crippen LogP contribution in [0, 0.1) is 11.7 Å².